The molecule has 0 saturated heterocycles. The summed E-state index contributed by atoms with van der Waals surface area (Å²) in [6, 6.07) is 11.4. The fourth-order valence-electron chi connectivity index (χ4n) is 3.56. The van der Waals surface area contributed by atoms with Gasteiger partial charge in [0.25, 0.3) is 0 Å². The van der Waals surface area contributed by atoms with Crippen LogP contribution in [0.25, 0.3) is 0 Å². The SMILES string of the molecule is Cc1cc(C)cc(NC(=O)Nc2ccc3c(c2)CCCN3C(=O)C(C)C)c1. The number of anilines is 3. The van der Waals surface area contributed by atoms with E-state index < -0.39 is 0 Å². The van der Waals surface area contributed by atoms with E-state index in [1.165, 1.54) is 0 Å². The van der Waals surface area contributed by atoms with Gasteiger partial charge in [-0.25, -0.2) is 4.79 Å². The molecule has 0 aliphatic carbocycles. The van der Waals surface area contributed by atoms with E-state index in [4.69, 9.17) is 0 Å². The van der Waals surface area contributed by atoms with Crippen molar-refractivity contribution in [3.8, 4) is 0 Å². The molecule has 0 bridgehead atoms. The summed E-state index contributed by atoms with van der Waals surface area (Å²) in [5.41, 5.74) is 5.77. The molecular weight excluding hydrogens is 338 g/mol. The molecule has 3 rings (SSSR count). The number of rotatable bonds is 3. The summed E-state index contributed by atoms with van der Waals surface area (Å²) >= 11 is 0. The molecule has 5 nitrogen and oxygen atoms in total. The zero-order valence-electron chi connectivity index (χ0n) is 16.4. The van der Waals surface area contributed by atoms with Crippen molar-refractivity contribution in [3.05, 3.63) is 53.1 Å². The largest absolute Gasteiger partial charge is 0.323 e. The third kappa shape index (κ3) is 4.48. The lowest BCUT2D eigenvalue weighted by Crippen LogP contribution is -2.38. The Hall–Kier alpha value is -2.82. The van der Waals surface area contributed by atoms with Gasteiger partial charge in [0.1, 0.15) is 0 Å². The van der Waals surface area contributed by atoms with Crippen LogP contribution in [0.1, 0.15) is 37.0 Å². The molecule has 142 valence electrons. The summed E-state index contributed by atoms with van der Waals surface area (Å²) in [7, 11) is 0. The molecule has 1 aliphatic rings. The Kier molecular flexibility index (Phi) is 5.49. The van der Waals surface area contributed by atoms with Gasteiger partial charge in [0, 0.05) is 29.5 Å². The molecule has 0 fully saturated rings. The van der Waals surface area contributed by atoms with E-state index in [-0.39, 0.29) is 17.9 Å². The lowest BCUT2D eigenvalue weighted by Gasteiger charge is -2.31. The van der Waals surface area contributed by atoms with E-state index in [0.29, 0.717) is 0 Å². The average molecular weight is 365 g/mol. The highest BCUT2D eigenvalue weighted by molar-refractivity contribution is 6.00. The van der Waals surface area contributed by atoms with Gasteiger partial charge in [0.15, 0.2) is 0 Å². The van der Waals surface area contributed by atoms with Crippen LogP contribution in [-0.2, 0) is 11.2 Å². The number of nitrogens with zero attached hydrogens (tertiary/aromatic N) is 1. The molecule has 1 aliphatic heterocycles. The Morgan fingerprint density at radius 2 is 1.63 bits per heavy atom. The molecule has 0 atom stereocenters. The van der Waals surface area contributed by atoms with Crippen molar-refractivity contribution in [3.63, 3.8) is 0 Å². The Balaban J connectivity index is 1.73. The number of hydrogen-bond acceptors (Lipinski definition) is 2. The van der Waals surface area contributed by atoms with E-state index >= 15 is 0 Å². The van der Waals surface area contributed by atoms with Crippen molar-refractivity contribution in [2.24, 2.45) is 5.92 Å². The number of fused-ring (bicyclic) bond motifs is 1. The first kappa shape index (κ1) is 19.0. The van der Waals surface area contributed by atoms with Crippen LogP contribution >= 0.6 is 0 Å². The second kappa shape index (κ2) is 7.82. The maximum atomic E-state index is 12.4. The number of aryl methyl sites for hydroxylation is 3. The van der Waals surface area contributed by atoms with Crippen LogP contribution in [0.5, 0.6) is 0 Å². The highest BCUT2D eigenvalue weighted by atomic mass is 16.2. The summed E-state index contributed by atoms with van der Waals surface area (Å²) in [4.78, 5) is 26.6. The van der Waals surface area contributed by atoms with E-state index in [9.17, 15) is 9.59 Å². The quantitative estimate of drug-likeness (QED) is 0.814. The average Bonchev–Trinajstić information content (AvgIpc) is 2.59. The first-order valence-corrected chi connectivity index (χ1v) is 9.44. The Morgan fingerprint density at radius 3 is 2.30 bits per heavy atom. The molecular formula is C22H27N3O2. The van der Waals surface area contributed by atoms with Crippen molar-refractivity contribution < 1.29 is 9.59 Å². The molecule has 0 spiro atoms. The minimum absolute atomic E-state index is 0.0303. The number of carbonyl (C=O) groups excluding carboxylic acids is 2. The molecule has 2 aromatic rings. The minimum atomic E-state index is -0.272. The van der Waals surface area contributed by atoms with Crippen LogP contribution < -0.4 is 15.5 Å². The highest BCUT2D eigenvalue weighted by Gasteiger charge is 2.24. The fraction of sp³-hybridized carbons (Fsp3) is 0.364. The van der Waals surface area contributed by atoms with Gasteiger partial charge in [-0.2, -0.15) is 0 Å². The van der Waals surface area contributed by atoms with Gasteiger partial charge in [-0.1, -0.05) is 19.9 Å². The van der Waals surface area contributed by atoms with Crippen LogP contribution in [0.15, 0.2) is 36.4 Å². The van der Waals surface area contributed by atoms with Crippen molar-refractivity contribution in [2.45, 2.75) is 40.5 Å². The molecule has 0 unspecified atom stereocenters. The lowest BCUT2D eigenvalue weighted by molar-refractivity contribution is -0.121. The zero-order valence-corrected chi connectivity index (χ0v) is 16.4. The number of nitrogens with one attached hydrogen (secondary N) is 2. The van der Waals surface area contributed by atoms with Gasteiger partial charge in [0.2, 0.25) is 5.91 Å². The number of benzene rings is 2. The highest BCUT2D eigenvalue weighted by Crippen LogP contribution is 2.30. The summed E-state index contributed by atoms with van der Waals surface area (Å²) in [6.07, 6.45) is 1.84. The molecule has 5 heteroatoms. The predicted octanol–water partition coefficient (Wildman–Crippen LogP) is 4.88. The second-order valence-electron chi connectivity index (χ2n) is 7.55. The van der Waals surface area contributed by atoms with Crippen LogP contribution in [0.2, 0.25) is 0 Å². The third-order valence-electron chi connectivity index (χ3n) is 4.70. The fourth-order valence-corrected chi connectivity index (χ4v) is 3.56. The molecule has 1 heterocycles. The summed E-state index contributed by atoms with van der Waals surface area (Å²) in [6.45, 7) is 8.60. The van der Waals surface area contributed by atoms with Crippen LogP contribution in [-0.4, -0.2) is 18.5 Å². The Morgan fingerprint density at radius 1 is 0.963 bits per heavy atom. The minimum Gasteiger partial charge on any atom is -0.312 e. The van der Waals surface area contributed by atoms with E-state index in [0.717, 1.165) is 53.1 Å². The van der Waals surface area contributed by atoms with Gasteiger partial charge >= 0.3 is 6.03 Å². The van der Waals surface area contributed by atoms with Crippen molar-refractivity contribution >= 4 is 29.0 Å². The van der Waals surface area contributed by atoms with Gasteiger partial charge in [-0.15, -0.1) is 0 Å². The predicted molar refractivity (Wildman–Crippen MR) is 111 cm³/mol. The van der Waals surface area contributed by atoms with E-state index in [1.807, 2.05) is 62.9 Å². The first-order chi connectivity index (χ1) is 12.8. The Labute approximate surface area is 160 Å². The first-order valence-electron chi connectivity index (χ1n) is 9.44. The molecule has 0 saturated carbocycles. The number of carbonyl (C=O) groups is 2. The number of amides is 3. The molecule has 3 amide bonds. The number of urea groups is 1. The summed E-state index contributed by atoms with van der Waals surface area (Å²) in [5, 5.41) is 5.77. The van der Waals surface area contributed by atoms with Crippen molar-refractivity contribution in [1.29, 1.82) is 0 Å². The van der Waals surface area contributed by atoms with Crippen LogP contribution in [0.3, 0.4) is 0 Å². The van der Waals surface area contributed by atoms with Gasteiger partial charge in [-0.3, -0.25) is 4.79 Å². The topological polar surface area (TPSA) is 61.4 Å². The van der Waals surface area contributed by atoms with Gasteiger partial charge in [0.05, 0.1) is 0 Å². The number of hydrogen-bond donors (Lipinski definition) is 2. The molecule has 2 aromatic carbocycles. The van der Waals surface area contributed by atoms with E-state index in [1.54, 1.807) is 0 Å². The third-order valence-corrected chi connectivity index (χ3v) is 4.70. The molecule has 0 aromatic heterocycles. The van der Waals surface area contributed by atoms with Crippen LogP contribution in [0, 0.1) is 19.8 Å². The standard InChI is InChI=1S/C22H27N3O2/c1-14(2)21(26)25-9-5-6-17-13-18(7-8-20(17)25)23-22(27)24-19-11-15(3)10-16(4)12-19/h7-8,10-14H,5-6,9H2,1-4H3,(H2,23,24,27). The van der Waals surface area contributed by atoms with Crippen molar-refractivity contribution in [1.82, 2.24) is 0 Å². The lowest BCUT2D eigenvalue weighted by atomic mass is 9.99. The van der Waals surface area contributed by atoms with E-state index in [2.05, 4.69) is 16.7 Å². The van der Waals surface area contributed by atoms with Crippen molar-refractivity contribution in [2.75, 3.05) is 22.1 Å². The maximum Gasteiger partial charge on any atom is 0.323 e. The van der Waals surface area contributed by atoms with Crippen LogP contribution in [0.4, 0.5) is 21.9 Å². The maximum absolute atomic E-state index is 12.4. The zero-order chi connectivity index (χ0) is 19.6. The monoisotopic (exact) mass is 365 g/mol. The summed E-state index contributed by atoms with van der Waals surface area (Å²) in [5.74, 6) is 0.113. The van der Waals surface area contributed by atoms with Gasteiger partial charge < -0.3 is 15.5 Å². The Bertz CT molecular complexity index is 854. The second-order valence-corrected chi connectivity index (χ2v) is 7.55. The molecule has 0 radical (unpaired) electrons. The summed E-state index contributed by atoms with van der Waals surface area (Å²) < 4.78 is 0. The normalized spacial score (nSPS) is 13.3. The molecule has 27 heavy (non-hydrogen) atoms. The molecule has 2 N–H and O–H groups in total. The smallest absolute Gasteiger partial charge is 0.312 e. The van der Waals surface area contributed by atoms with Gasteiger partial charge in [-0.05, 0) is 73.7 Å².